The van der Waals surface area contributed by atoms with E-state index in [1.807, 2.05) is 18.2 Å². The third kappa shape index (κ3) is 2.28. The smallest absolute Gasteiger partial charge is 0.163 e. The van der Waals surface area contributed by atoms with Crippen molar-refractivity contribution in [1.82, 2.24) is 0 Å². The summed E-state index contributed by atoms with van der Waals surface area (Å²) in [4.78, 5) is 4.51. The largest absolute Gasteiger partial charge is 0.486 e. The molecule has 4 heteroatoms. The summed E-state index contributed by atoms with van der Waals surface area (Å²) in [5, 5.41) is 0. The Balaban J connectivity index is 1.81. The number of hydrogen-bond donors (Lipinski definition) is 1. The quantitative estimate of drug-likeness (QED) is 0.644. The number of nitrogens with two attached hydrogens (primary N) is 1. The molecule has 1 saturated carbocycles. The molecule has 0 aromatic heterocycles. The van der Waals surface area contributed by atoms with Gasteiger partial charge in [0.15, 0.2) is 11.5 Å². The SMILES string of the molecule is NC(=Nc1ccc2c(c1)OCCO2)C1CCCC1. The number of hydrogen-bond acceptors (Lipinski definition) is 3. The van der Waals surface area contributed by atoms with Gasteiger partial charge >= 0.3 is 0 Å². The molecule has 0 amide bonds. The van der Waals surface area contributed by atoms with E-state index in [9.17, 15) is 0 Å². The number of benzene rings is 1. The summed E-state index contributed by atoms with van der Waals surface area (Å²) in [7, 11) is 0. The highest BCUT2D eigenvalue weighted by Gasteiger charge is 2.19. The van der Waals surface area contributed by atoms with Crippen LogP contribution in [-0.2, 0) is 0 Å². The minimum absolute atomic E-state index is 0.457. The summed E-state index contributed by atoms with van der Waals surface area (Å²) >= 11 is 0. The van der Waals surface area contributed by atoms with Gasteiger partial charge in [-0.05, 0) is 25.0 Å². The van der Waals surface area contributed by atoms with E-state index < -0.39 is 0 Å². The summed E-state index contributed by atoms with van der Waals surface area (Å²) in [5.41, 5.74) is 6.92. The molecule has 4 nitrogen and oxygen atoms in total. The van der Waals surface area contributed by atoms with Crippen molar-refractivity contribution in [2.24, 2.45) is 16.6 Å². The first-order chi connectivity index (χ1) is 8.83. The topological polar surface area (TPSA) is 56.8 Å². The summed E-state index contributed by atoms with van der Waals surface area (Å²) in [6.45, 7) is 1.21. The molecule has 1 heterocycles. The lowest BCUT2D eigenvalue weighted by Crippen LogP contribution is -2.20. The van der Waals surface area contributed by atoms with E-state index in [1.165, 1.54) is 25.7 Å². The number of amidine groups is 1. The van der Waals surface area contributed by atoms with E-state index in [4.69, 9.17) is 15.2 Å². The van der Waals surface area contributed by atoms with Crippen molar-refractivity contribution in [3.63, 3.8) is 0 Å². The van der Waals surface area contributed by atoms with Crippen molar-refractivity contribution in [2.45, 2.75) is 25.7 Å². The van der Waals surface area contributed by atoms with Crippen LogP contribution in [-0.4, -0.2) is 19.0 Å². The molecule has 0 radical (unpaired) electrons. The molecule has 1 aromatic rings. The predicted octanol–water partition coefficient (Wildman–Crippen LogP) is 2.64. The minimum Gasteiger partial charge on any atom is -0.486 e. The van der Waals surface area contributed by atoms with Gasteiger partial charge < -0.3 is 15.2 Å². The first-order valence-electron chi connectivity index (χ1n) is 6.56. The number of nitrogens with zero attached hydrogens (tertiary/aromatic N) is 1. The van der Waals surface area contributed by atoms with Gasteiger partial charge in [0.25, 0.3) is 0 Å². The molecule has 3 rings (SSSR count). The third-order valence-electron chi connectivity index (χ3n) is 3.56. The second-order valence-electron chi connectivity index (χ2n) is 4.85. The Kier molecular flexibility index (Phi) is 3.09. The second-order valence-corrected chi connectivity index (χ2v) is 4.85. The van der Waals surface area contributed by atoms with Crippen LogP contribution in [0.1, 0.15) is 25.7 Å². The highest BCUT2D eigenvalue weighted by molar-refractivity contribution is 5.85. The maximum absolute atomic E-state index is 6.07. The lowest BCUT2D eigenvalue weighted by molar-refractivity contribution is 0.171. The van der Waals surface area contributed by atoms with E-state index in [-0.39, 0.29) is 0 Å². The number of aliphatic imine (C=N–C) groups is 1. The van der Waals surface area contributed by atoms with E-state index >= 15 is 0 Å². The maximum Gasteiger partial charge on any atom is 0.163 e. The molecule has 1 aromatic carbocycles. The zero-order valence-electron chi connectivity index (χ0n) is 10.4. The van der Waals surface area contributed by atoms with Crippen molar-refractivity contribution < 1.29 is 9.47 Å². The minimum atomic E-state index is 0.457. The van der Waals surface area contributed by atoms with Gasteiger partial charge in [0.05, 0.1) is 5.69 Å². The van der Waals surface area contributed by atoms with Crippen LogP contribution in [0, 0.1) is 5.92 Å². The van der Waals surface area contributed by atoms with Crippen molar-refractivity contribution in [3.8, 4) is 11.5 Å². The van der Waals surface area contributed by atoms with Gasteiger partial charge in [0.2, 0.25) is 0 Å². The fourth-order valence-corrected chi connectivity index (χ4v) is 2.56. The highest BCUT2D eigenvalue weighted by atomic mass is 16.6. The van der Waals surface area contributed by atoms with Crippen LogP contribution in [0.25, 0.3) is 0 Å². The molecule has 1 fully saturated rings. The van der Waals surface area contributed by atoms with Gasteiger partial charge in [-0.3, -0.25) is 0 Å². The third-order valence-corrected chi connectivity index (χ3v) is 3.56. The molecule has 0 spiro atoms. The Morgan fingerprint density at radius 1 is 1.11 bits per heavy atom. The fourth-order valence-electron chi connectivity index (χ4n) is 2.56. The predicted molar refractivity (Wildman–Crippen MR) is 70.7 cm³/mol. The lowest BCUT2D eigenvalue weighted by atomic mass is 10.1. The molecule has 0 saturated heterocycles. The molecule has 0 bridgehead atoms. The Bertz CT molecular complexity index is 465. The average molecular weight is 246 g/mol. The van der Waals surface area contributed by atoms with E-state index in [2.05, 4.69) is 4.99 Å². The Labute approximate surface area is 107 Å². The summed E-state index contributed by atoms with van der Waals surface area (Å²) < 4.78 is 11.0. The van der Waals surface area contributed by atoms with Crippen molar-refractivity contribution >= 4 is 11.5 Å². The Morgan fingerprint density at radius 3 is 2.61 bits per heavy atom. The van der Waals surface area contributed by atoms with Crippen LogP contribution in [0.2, 0.25) is 0 Å². The molecular weight excluding hydrogens is 228 g/mol. The monoisotopic (exact) mass is 246 g/mol. The van der Waals surface area contributed by atoms with E-state index in [0.29, 0.717) is 19.1 Å². The van der Waals surface area contributed by atoms with Gasteiger partial charge in [0.1, 0.15) is 19.0 Å². The van der Waals surface area contributed by atoms with Crippen molar-refractivity contribution in [2.75, 3.05) is 13.2 Å². The molecule has 1 aliphatic heterocycles. The standard InChI is InChI=1S/C14H18N2O2/c15-14(10-3-1-2-4-10)16-11-5-6-12-13(9-11)18-8-7-17-12/h5-6,9-10H,1-4,7-8H2,(H2,15,16). The molecule has 96 valence electrons. The maximum atomic E-state index is 6.07. The zero-order valence-corrected chi connectivity index (χ0v) is 10.4. The van der Waals surface area contributed by atoms with Gasteiger partial charge in [-0.15, -0.1) is 0 Å². The van der Waals surface area contributed by atoms with E-state index in [0.717, 1.165) is 23.0 Å². The number of rotatable bonds is 2. The molecule has 2 aliphatic rings. The van der Waals surface area contributed by atoms with Crippen molar-refractivity contribution in [1.29, 1.82) is 0 Å². The first-order valence-corrected chi connectivity index (χ1v) is 6.56. The van der Waals surface area contributed by atoms with Crippen LogP contribution in [0.5, 0.6) is 11.5 Å². The van der Waals surface area contributed by atoms with Crippen LogP contribution >= 0.6 is 0 Å². The Morgan fingerprint density at radius 2 is 1.83 bits per heavy atom. The lowest BCUT2D eigenvalue weighted by Gasteiger charge is -2.18. The Hall–Kier alpha value is -1.71. The highest BCUT2D eigenvalue weighted by Crippen LogP contribution is 2.34. The fraction of sp³-hybridized carbons (Fsp3) is 0.500. The van der Waals surface area contributed by atoms with Crippen molar-refractivity contribution in [3.05, 3.63) is 18.2 Å². The van der Waals surface area contributed by atoms with Gasteiger partial charge in [0, 0.05) is 12.0 Å². The summed E-state index contributed by atoms with van der Waals surface area (Å²) in [6.07, 6.45) is 4.86. The second kappa shape index (κ2) is 4.88. The number of ether oxygens (including phenoxy) is 2. The molecule has 0 atom stereocenters. The van der Waals surface area contributed by atoms with Gasteiger partial charge in [-0.1, -0.05) is 12.8 Å². The zero-order chi connectivity index (χ0) is 12.4. The van der Waals surface area contributed by atoms with Gasteiger partial charge in [-0.25, -0.2) is 4.99 Å². The summed E-state index contributed by atoms with van der Waals surface area (Å²) in [5.74, 6) is 2.77. The van der Waals surface area contributed by atoms with Crippen LogP contribution < -0.4 is 15.2 Å². The average Bonchev–Trinajstić information content (AvgIpc) is 2.92. The molecule has 18 heavy (non-hydrogen) atoms. The summed E-state index contributed by atoms with van der Waals surface area (Å²) in [6, 6.07) is 5.72. The molecule has 1 aliphatic carbocycles. The number of fused-ring (bicyclic) bond motifs is 1. The van der Waals surface area contributed by atoms with Crippen LogP contribution in [0.15, 0.2) is 23.2 Å². The van der Waals surface area contributed by atoms with Crippen LogP contribution in [0.4, 0.5) is 5.69 Å². The van der Waals surface area contributed by atoms with Crippen LogP contribution in [0.3, 0.4) is 0 Å². The normalized spacial score (nSPS) is 20.1. The van der Waals surface area contributed by atoms with E-state index in [1.54, 1.807) is 0 Å². The van der Waals surface area contributed by atoms with Gasteiger partial charge in [-0.2, -0.15) is 0 Å². The molecule has 0 unspecified atom stereocenters. The molecular formula is C14H18N2O2. The molecule has 2 N–H and O–H groups in total. The first kappa shape index (κ1) is 11.4.